The van der Waals surface area contributed by atoms with Gasteiger partial charge >= 0.3 is 0 Å². The Morgan fingerprint density at radius 3 is 2.19 bits per heavy atom. The first-order chi connectivity index (χ1) is 23.2. The summed E-state index contributed by atoms with van der Waals surface area (Å²) in [6.07, 6.45) is 10.5. The molecule has 0 N–H and O–H groups in total. The van der Waals surface area contributed by atoms with Crippen molar-refractivity contribution in [2.45, 2.75) is 66.4 Å². The van der Waals surface area contributed by atoms with Crippen LogP contribution in [0.5, 0.6) is 11.5 Å². The van der Waals surface area contributed by atoms with E-state index < -0.39 is 0 Å². The number of allylic oxidation sites excluding steroid dienone is 5. The van der Waals surface area contributed by atoms with Gasteiger partial charge in [0.15, 0.2) is 5.75 Å². The SMILES string of the molecule is C=C.C=C/C(C)=C\N1Oc2ccccc2Cc2ccc(-c3ccc4c(c3)OC(C)C4C3=C(C)C=CC(C)C3)cc21.Cc1ccc(C)cc1. The third-order valence-electron chi connectivity index (χ3n) is 9.30. The van der Waals surface area contributed by atoms with E-state index in [0.717, 1.165) is 46.7 Å². The van der Waals surface area contributed by atoms with Crippen molar-refractivity contribution in [3.8, 4) is 22.6 Å². The molecule has 1 aliphatic carbocycles. The van der Waals surface area contributed by atoms with E-state index in [2.05, 4.69) is 139 Å². The number of hydrogen-bond acceptors (Lipinski definition) is 3. The molecule has 3 nitrogen and oxygen atoms in total. The highest BCUT2D eigenvalue weighted by Gasteiger charge is 2.35. The molecule has 3 aliphatic rings. The zero-order chi connectivity index (χ0) is 34.4. The number of anilines is 1. The van der Waals surface area contributed by atoms with E-state index in [1.807, 2.05) is 36.4 Å². The summed E-state index contributed by atoms with van der Waals surface area (Å²) in [5.74, 6) is 2.76. The van der Waals surface area contributed by atoms with Crippen LogP contribution < -0.4 is 14.6 Å². The van der Waals surface area contributed by atoms with Crippen molar-refractivity contribution in [1.82, 2.24) is 0 Å². The highest BCUT2D eigenvalue weighted by atomic mass is 16.7. The molecule has 2 heterocycles. The lowest BCUT2D eigenvalue weighted by Gasteiger charge is -2.25. The minimum absolute atomic E-state index is 0.130. The fraction of sp³-hybridized carbons (Fsp3) is 0.244. The third kappa shape index (κ3) is 7.58. The van der Waals surface area contributed by atoms with Crippen molar-refractivity contribution < 1.29 is 9.57 Å². The van der Waals surface area contributed by atoms with Crippen LogP contribution in [0.4, 0.5) is 5.69 Å². The topological polar surface area (TPSA) is 21.7 Å². The summed E-state index contributed by atoms with van der Waals surface area (Å²) in [5.41, 5.74) is 13.6. The fourth-order valence-corrected chi connectivity index (χ4v) is 6.60. The van der Waals surface area contributed by atoms with Gasteiger partial charge in [0.05, 0.1) is 5.69 Å². The molecule has 0 saturated heterocycles. The van der Waals surface area contributed by atoms with Crippen LogP contribution in [0.1, 0.15) is 67.9 Å². The number of hydroxylamine groups is 1. The summed E-state index contributed by atoms with van der Waals surface area (Å²) in [6.45, 7) is 22.9. The second-order valence-electron chi connectivity index (χ2n) is 13.1. The Labute approximate surface area is 288 Å². The molecule has 0 aromatic heterocycles. The van der Waals surface area contributed by atoms with Crippen molar-refractivity contribution in [2.24, 2.45) is 5.92 Å². The van der Waals surface area contributed by atoms with E-state index in [1.54, 1.807) is 0 Å². The Balaban J connectivity index is 0.000000392. The summed E-state index contributed by atoms with van der Waals surface area (Å²) in [5, 5.41) is 1.89. The van der Waals surface area contributed by atoms with Crippen molar-refractivity contribution in [2.75, 3.05) is 5.06 Å². The first-order valence-corrected chi connectivity index (χ1v) is 16.9. The number of ether oxygens (including phenoxy) is 1. The molecule has 3 heteroatoms. The van der Waals surface area contributed by atoms with Gasteiger partial charge in [0.2, 0.25) is 0 Å². The zero-order valence-electron chi connectivity index (χ0n) is 29.4. The number of rotatable bonds is 4. The van der Waals surface area contributed by atoms with Crippen LogP contribution in [-0.2, 0) is 6.42 Å². The van der Waals surface area contributed by atoms with Crippen LogP contribution in [0.3, 0.4) is 0 Å². The average molecular weight is 636 g/mol. The van der Waals surface area contributed by atoms with E-state index >= 15 is 0 Å². The standard InChI is InChI=1S/C35H35NO2.C8H10.C2H4/c1-6-22(2)21-36-32-19-26(13-14-28(32)18-29-9-7-8-10-33(29)38-36)27-15-16-30-34(20-27)37-25(5)35(30)31-17-23(3)11-12-24(31)4;1-7-3-5-8(2)6-4-7;1-2/h6-16,19-21,23,25,35H,1,17-18H2,2-5H3;3-6H,1-2H3;1-2H2/b22-21-;;. The van der Waals surface area contributed by atoms with Gasteiger partial charge in [-0.25, -0.2) is 0 Å². The van der Waals surface area contributed by atoms with Crippen LogP contribution in [0.15, 0.2) is 146 Å². The van der Waals surface area contributed by atoms with E-state index in [0.29, 0.717) is 11.8 Å². The summed E-state index contributed by atoms with van der Waals surface area (Å²) >= 11 is 0. The number of aryl methyl sites for hydroxylation is 2. The lowest BCUT2D eigenvalue weighted by Crippen LogP contribution is -2.21. The number of benzene rings is 4. The average Bonchev–Trinajstić information content (AvgIpc) is 3.34. The Morgan fingerprint density at radius 2 is 1.48 bits per heavy atom. The number of fused-ring (bicyclic) bond motifs is 3. The maximum Gasteiger partial charge on any atom is 0.159 e. The molecule has 2 aliphatic heterocycles. The van der Waals surface area contributed by atoms with Gasteiger partial charge in [-0.05, 0) is 87.4 Å². The predicted octanol–water partition coefficient (Wildman–Crippen LogP) is 12.0. The molecule has 4 aromatic rings. The van der Waals surface area contributed by atoms with Crippen LogP contribution in [0.2, 0.25) is 0 Å². The van der Waals surface area contributed by atoms with Gasteiger partial charge in [0, 0.05) is 29.7 Å². The van der Waals surface area contributed by atoms with Gasteiger partial charge in [0.25, 0.3) is 0 Å². The minimum Gasteiger partial charge on any atom is -0.489 e. The zero-order valence-corrected chi connectivity index (χ0v) is 29.4. The minimum atomic E-state index is 0.130. The number of para-hydroxylation sites is 1. The quantitative estimate of drug-likeness (QED) is 0.164. The van der Waals surface area contributed by atoms with Crippen LogP contribution in [-0.4, -0.2) is 6.10 Å². The van der Waals surface area contributed by atoms with E-state index in [4.69, 9.17) is 9.57 Å². The molecule has 48 heavy (non-hydrogen) atoms. The Bertz CT molecular complexity index is 1840. The molecule has 246 valence electrons. The molecule has 0 radical (unpaired) electrons. The van der Waals surface area contributed by atoms with Crippen molar-refractivity contribution in [3.63, 3.8) is 0 Å². The molecule has 3 unspecified atom stereocenters. The Kier molecular flexibility index (Phi) is 10.9. The third-order valence-corrected chi connectivity index (χ3v) is 9.30. The maximum absolute atomic E-state index is 6.47. The summed E-state index contributed by atoms with van der Waals surface area (Å²) < 4.78 is 6.47. The molecule has 0 bridgehead atoms. The van der Waals surface area contributed by atoms with Gasteiger partial charge in [-0.3, -0.25) is 0 Å². The summed E-state index contributed by atoms with van der Waals surface area (Å²) in [6, 6.07) is 30.1. The van der Waals surface area contributed by atoms with Crippen LogP contribution >= 0.6 is 0 Å². The van der Waals surface area contributed by atoms with Gasteiger partial charge in [0.1, 0.15) is 11.9 Å². The van der Waals surface area contributed by atoms with Gasteiger partial charge < -0.3 is 9.57 Å². The molecule has 4 aromatic carbocycles. The highest BCUT2D eigenvalue weighted by Crippen LogP contribution is 2.48. The molecular weight excluding hydrogens is 587 g/mol. The molecule has 0 amide bonds. The summed E-state index contributed by atoms with van der Waals surface area (Å²) in [7, 11) is 0. The first kappa shape index (κ1) is 34.3. The second-order valence-corrected chi connectivity index (χ2v) is 13.1. The Hall–Kier alpha value is -5.02. The first-order valence-electron chi connectivity index (χ1n) is 16.9. The van der Waals surface area contributed by atoms with E-state index in [-0.39, 0.29) is 6.10 Å². The van der Waals surface area contributed by atoms with Crippen molar-refractivity contribution >= 4 is 5.69 Å². The number of nitrogens with zero attached hydrogens (tertiary/aromatic N) is 1. The van der Waals surface area contributed by atoms with E-state index in [9.17, 15) is 0 Å². The Morgan fingerprint density at radius 1 is 0.812 bits per heavy atom. The molecule has 0 saturated carbocycles. The van der Waals surface area contributed by atoms with Crippen LogP contribution in [0, 0.1) is 19.8 Å². The smallest absolute Gasteiger partial charge is 0.159 e. The van der Waals surface area contributed by atoms with Gasteiger partial charge in [-0.15, -0.1) is 13.2 Å². The van der Waals surface area contributed by atoms with Crippen LogP contribution in [0.25, 0.3) is 11.1 Å². The van der Waals surface area contributed by atoms with Gasteiger partial charge in [-0.1, -0.05) is 121 Å². The van der Waals surface area contributed by atoms with Crippen molar-refractivity contribution in [1.29, 1.82) is 0 Å². The molecule has 0 spiro atoms. The largest absolute Gasteiger partial charge is 0.489 e. The molecule has 3 atom stereocenters. The molecule has 0 fully saturated rings. The normalized spacial score (nSPS) is 19.2. The van der Waals surface area contributed by atoms with Crippen molar-refractivity contribution in [3.05, 3.63) is 174 Å². The van der Waals surface area contributed by atoms with E-state index in [1.165, 1.54) is 39.0 Å². The lowest BCUT2D eigenvalue weighted by molar-refractivity contribution is 0.235. The molecule has 7 rings (SSSR count). The summed E-state index contributed by atoms with van der Waals surface area (Å²) in [4.78, 5) is 6.41. The second kappa shape index (κ2) is 15.3. The fourth-order valence-electron chi connectivity index (χ4n) is 6.60. The monoisotopic (exact) mass is 635 g/mol. The lowest BCUT2D eigenvalue weighted by atomic mass is 9.78. The maximum atomic E-state index is 6.47. The number of hydrogen-bond donors (Lipinski definition) is 0. The highest BCUT2D eigenvalue weighted by molar-refractivity contribution is 5.74. The molecular formula is C45H49NO2. The van der Waals surface area contributed by atoms with Gasteiger partial charge in [-0.2, -0.15) is 5.06 Å². The predicted molar refractivity (Wildman–Crippen MR) is 204 cm³/mol.